The molecule has 0 fully saturated rings. The zero-order valence-electron chi connectivity index (χ0n) is 21.6. The summed E-state index contributed by atoms with van der Waals surface area (Å²) >= 11 is 0. The molecule has 1 amide bonds. The second-order valence-corrected chi connectivity index (χ2v) is 9.82. The number of nitrogens with one attached hydrogen (secondary N) is 2. The molecule has 6 heteroatoms. The summed E-state index contributed by atoms with van der Waals surface area (Å²) in [5, 5.41) is 6.42. The van der Waals surface area contributed by atoms with Crippen molar-refractivity contribution in [2.45, 2.75) is 45.4 Å². The molecular formula is C31H31N3O3. The van der Waals surface area contributed by atoms with Crippen molar-refractivity contribution in [2.75, 3.05) is 12.4 Å². The number of rotatable bonds is 5. The first-order valence-corrected chi connectivity index (χ1v) is 12.5. The van der Waals surface area contributed by atoms with Crippen LogP contribution in [0.25, 0.3) is 0 Å². The zero-order valence-corrected chi connectivity index (χ0v) is 21.6. The van der Waals surface area contributed by atoms with Crippen LogP contribution in [0.15, 0.2) is 89.4 Å². The van der Waals surface area contributed by atoms with Crippen molar-refractivity contribution in [3.05, 3.63) is 112 Å². The van der Waals surface area contributed by atoms with Crippen molar-refractivity contribution in [1.82, 2.24) is 10.3 Å². The van der Waals surface area contributed by atoms with Crippen molar-refractivity contribution in [2.24, 2.45) is 0 Å². The van der Waals surface area contributed by atoms with E-state index in [1.165, 1.54) is 0 Å². The molecule has 0 saturated carbocycles. The van der Waals surface area contributed by atoms with Crippen LogP contribution in [0.1, 0.15) is 53.9 Å². The normalized spacial score (nSPS) is 19.3. The minimum absolute atomic E-state index is 0.0573. The number of hydrogen-bond donors (Lipinski definition) is 2. The van der Waals surface area contributed by atoms with Gasteiger partial charge in [0.25, 0.3) is 5.91 Å². The van der Waals surface area contributed by atoms with Crippen LogP contribution in [0.4, 0.5) is 5.82 Å². The molecule has 2 N–H and O–H groups in total. The maximum atomic E-state index is 13.8. The number of amides is 1. The van der Waals surface area contributed by atoms with Crippen LogP contribution in [0.2, 0.25) is 0 Å². The first kappa shape index (κ1) is 24.5. The summed E-state index contributed by atoms with van der Waals surface area (Å²) in [5.41, 5.74) is 7.00. The predicted molar refractivity (Wildman–Crippen MR) is 144 cm³/mol. The number of aryl methyl sites for hydroxylation is 2. The summed E-state index contributed by atoms with van der Waals surface area (Å²) in [6.45, 7) is 5.89. The van der Waals surface area contributed by atoms with Crippen molar-refractivity contribution in [3.8, 4) is 5.75 Å². The highest BCUT2D eigenvalue weighted by Crippen LogP contribution is 2.46. The van der Waals surface area contributed by atoms with E-state index < -0.39 is 5.92 Å². The average molecular weight is 494 g/mol. The molecule has 1 aliphatic carbocycles. The molecular weight excluding hydrogens is 462 g/mol. The zero-order chi connectivity index (χ0) is 26.1. The van der Waals surface area contributed by atoms with E-state index in [0.29, 0.717) is 29.8 Å². The summed E-state index contributed by atoms with van der Waals surface area (Å²) in [4.78, 5) is 31.8. The number of ketones is 1. The van der Waals surface area contributed by atoms with Crippen molar-refractivity contribution in [3.63, 3.8) is 0 Å². The van der Waals surface area contributed by atoms with Crippen LogP contribution in [0, 0.1) is 13.8 Å². The van der Waals surface area contributed by atoms with Gasteiger partial charge in [0, 0.05) is 41.1 Å². The number of allylic oxidation sites excluding steroid dienone is 3. The number of benzene rings is 2. The topological polar surface area (TPSA) is 80.3 Å². The van der Waals surface area contributed by atoms with Gasteiger partial charge < -0.3 is 15.4 Å². The molecule has 0 bridgehead atoms. The Morgan fingerprint density at radius 2 is 1.78 bits per heavy atom. The minimum Gasteiger partial charge on any atom is -0.497 e. The SMILES string of the molecule is COc1ccc(C2CC(=O)C3=C(C2)NC(C)=C(C(=O)Nc2cc(C)ccn2)C3c2ccccc2C)cc1. The molecule has 0 radical (unpaired) electrons. The Bertz CT molecular complexity index is 1440. The molecule has 5 rings (SSSR count). The lowest BCUT2D eigenvalue weighted by molar-refractivity contribution is -0.116. The molecule has 6 nitrogen and oxygen atoms in total. The number of dihydropyridines is 1. The third kappa shape index (κ3) is 4.79. The van der Waals surface area contributed by atoms with E-state index in [9.17, 15) is 9.59 Å². The number of pyridine rings is 1. The second kappa shape index (κ2) is 10.1. The lowest BCUT2D eigenvalue weighted by atomic mass is 9.71. The van der Waals surface area contributed by atoms with Gasteiger partial charge in [0.2, 0.25) is 0 Å². The van der Waals surface area contributed by atoms with E-state index in [-0.39, 0.29) is 17.6 Å². The highest BCUT2D eigenvalue weighted by Gasteiger charge is 2.41. The van der Waals surface area contributed by atoms with E-state index in [1.54, 1.807) is 13.3 Å². The summed E-state index contributed by atoms with van der Waals surface area (Å²) < 4.78 is 5.30. The fourth-order valence-corrected chi connectivity index (χ4v) is 5.46. The number of anilines is 1. The maximum Gasteiger partial charge on any atom is 0.255 e. The molecule has 3 aromatic rings. The minimum atomic E-state index is -0.452. The van der Waals surface area contributed by atoms with E-state index in [4.69, 9.17) is 4.74 Å². The molecule has 0 spiro atoms. The van der Waals surface area contributed by atoms with Gasteiger partial charge >= 0.3 is 0 Å². The van der Waals surface area contributed by atoms with Gasteiger partial charge in [-0.15, -0.1) is 0 Å². The Balaban J connectivity index is 1.55. The number of ether oxygens (including phenoxy) is 1. The molecule has 2 aliphatic rings. The van der Waals surface area contributed by atoms with Crippen LogP contribution in [0.3, 0.4) is 0 Å². The lowest BCUT2D eigenvalue weighted by Crippen LogP contribution is -2.37. The Morgan fingerprint density at radius 3 is 2.49 bits per heavy atom. The Hall–Kier alpha value is -4.19. The Morgan fingerprint density at radius 1 is 1.03 bits per heavy atom. The fourth-order valence-electron chi connectivity index (χ4n) is 5.46. The van der Waals surface area contributed by atoms with Crippen molar-refractivity contribution >= 4 is 17.5 Å². The van der Waals surface area contributed by atoms with Gasteiger partial charge in [0.1, 0.15) is 11.6 Å². The fraction of sp³-hybridized carbons (Fsp3) is 0.258. The third-order valence-corrected chi connectivity index (χ3v) is 7.32. The van der Waals surface area contributed by atoms with Gasteiger partial charge in [-0.1, -0.05) is 36.4 Å². The molecule has 2 aromatic carbocycles. The largest absolute Gasteiger partial charge is 0.497 e. The van der Waals surface area contributed by atoms with Crippen molar-refractivity contribution in [1.29, 1.82) is 0 Å². The summed E-state index contributed by atoms with van der Waals surface area (Å²) in [6, 6.07) is 19.6. The van der Waals surface area contributed by atoms with Gasteiger partial charge in [0.05, 0.1) is 7.11 Å². The van der Waals surface area contributed by atoms with Crippen LogP contribution in [0.5, 0.6) is 5.75 Å². The Kier molecular flexibility index (Phi) is 6.66. The first-order chi connectivity index (χ1) is 17.9. The molecule has 1 aromatic heterocycles. The van der Waals surface area contributed by atoms with Crippen LogP contribution in [-0.2, 0) is 9.59 Å². The molecule has 37 heavy (non-hydrogen) atoms. The smallest absolute Gasteiger partial charge is 0.255 e. The standard InChI is InChI=1S/C31H31N3O3/c1-18-13-14-32-27(15-18)34-31(36)28-20(3)33-25-16-22(21-9-11-23(37-4)12-10-21)17-26(35)30(25)29(28)24-8-6-5-7-19(24)2/h5-15,22,29,33H,16-17H2,1-4H3,(H,32,34,36). The third-order valence-electron chi connectivity index (χ3n) is 7.32. The number of carbonyl (C=O) groups is 2. The quantitative estimate of drug-likeness (QED) is 0.476. The highest BCUT2D eigenvalue weighted by atomic mass is 16.5. The number of methoxy groups -OCH3 is 1. The van der Waals surface area contributed by atoms with Gasteiger partial charge in [0.15, 0.2) is 5.78 Å². The summed E-state index contributed by atoms with van der Waals surface area (Å²) in [6.07, 6.45) is 2.76. The predicted octanol–water partition coefficient (Wildman–Crippen LogP) is 5.71. The molecule has 2 heterocycles. The molecule has 2 unspecified atom stereocenters. The second-order valence-electron chi connectivity index (χ2n) is 9.82. The molecule has 2 atom stereocenters. The van der Waals surface area contributed by atoms with Crippen LogP contribution in [-0.4, -0.2) is 23.8 Å². The van der Waals surface area contributed by atoms with E-state index in [0.717, 1.165) is 39.4 Å². The highest BCUT2D eigenvalue weighted by molar-refractivity contribution is 6.09. The van der Waals surface area contributed by atoms with Gasteiger partial charge in [-0.3, -0.25) is 9.59 Å². The lowest BCUT2D eigenvalue weighted by Gasteiger charge is -2.37. The molecule has 0 saturated heterocycles. The first-order valence-electron chi connectivity index (χ1n) is 12.5. The van der Waals surface area contributed by atoms with Gasteiger partial charge in [-0.2, -0.15) is 0 Å². The van der Waals surface area contributed by atoms with Crippen LogP contribution < -0.4 is 15.4 Å². The van der Waals surface area contributed by atoms with E-state index >= 15 is 0 Å². The van der Waals surface area contributed by atoms with Gasteiger partial charge in [-0.05, 0) is 79.6 Å². The number of carbonyl (C=O) groups excluding carboxylic acids is 2. The molecule has 188 valence electrons. The molecule has 1 aliphatic heterocycles. The van der Waals surface area contributed by atoms with Crippen LogP contribution >= 0.6 is 0 Å². The average Bonchev–Trinajstić information content (AvgIpc) is 2.88. The summed E-state index contributed by atoms with van der Waals surface area (Å²) in [5.74, 6) is 0.692. The van der Waals surface area contributed by atoms with E-state index in [1.807, 2.05) is 81.4 Å². The van der Waals surface area contributed by atoms with Gasteiger partial charge in [-0.25, -0.2) is 4.98 Å². The van der Waals surface area contributed by atoms with E-state index in [2.05, 4.69) is 15.6 Å². The van der Waals surface area contributed by atoms with Crippen molar-refractivity contribution < 1.29 is 14.3 Å². The number of nitrogens with zero attached hydrogens (tertiary/aromatic N) is 1. The number of Topliss-reactive ketones (excluding diaryl/α,β-unsaturated/α-hetero) is 1. The monoisotopic (exact) mass is 493 g/mol. The number of hydrogen-bond acceptors (Lipinski definition) is 5. The maximum absolute atomic E-state index is 13.8. The Labute approximate surface area is 217 Å². The number of aromatic nitrogens is 1. The summed E-state index contributed by atoms with van der Waals surface area (Å²) in [7, 11) is 1.64.